The number of nitrogens with zero attached hydrogens (tertiary/aromatic N) is 2. The van der Waals surface area contributed by atoms with E-state index in [1.807, 2.05) is 31.2 Å². The van der Waals surface area contributed by atoms with Gasteiger partial charge in [0.25, 0.3) is 11.8 Å². The quantitative estimate of drug-likeness (QED) is 0.761. The lowest BCUT2D eigenvalue weighted by Crippen LogP contribution is -2.42. The minimum atomic E-state index is -0.337. The van der Waals surface area contributed by atoms with Gasteiger partial charge in [0, 0.05) is 30.9 Å². The first kappa shape index (κ1) is 16.7. The van der Waals surface area contributed by atoms with Crippen LogP contribution in [0.2, 0.25) is 0 Å². The lowest BCUT2D eigenvalue weighted by molar-refractivity contribution is 0.0277. The van der Waals surface area contributed by atoms with Gasteiger partial charge in [0.1, 0.15) is 5.69 Å². The Bertz CT molecular complexity index is 824. The van der Waals surface area contributed by atoms with Crippen LogP contribution in [0.1, 0.15) is 39.6 Å². The molecule has 2 aromatic rings. The van der Waals surface area contributed by atoms with Crippen LogP contribution in [-0.2, 0) is 11.3 Å². The molecular weight excluding hydrogens is 334 g/mol. The highest BCUT2D eigenvalue weighted by molar-refractivity contribution is 6.04. The smallest absolute Gasteiger partial charge is 0.276 e. The fraction of sp³-hybridized carbons (Fsp3) is 0.389. The second-order valence-corrected chi connectivity index (χ2v) is 6.61. The monoisotopic (exact) mass is 355 g/mol. The Labute approximate surface area is 150 Å². The van der Waals surface area contributed by atoms with Crippen LogP contribution in [0, 0.1) is 0 Å². The van der Waals surface area contributed by atoms with Crippen LogP contribution in [0.15, 0.2) is 30.3 Å². The highest BCUT2D eigenvalue weighted by Crippen LogP contribution is 2.21. The standard InChI is InChI=1S/C18H21N5O3/c1-11-10-23-15(18(25)20-11)8-14(22-23)17(24)21-13-4-2-12(3-5-13)16-9-19-6-7-26-16/h2-5,8,11,16,19H,6-7,9-10H2,1H3,(H,20,25)(H,21,24). The number of carbonyl (C=O) groups excluding carboxylic acids is 2. The van der Waals surface area contributed by atoms with Crippen molar-refractivity contribution in [1.82, 2.24) is 20.4 Å². The molecule has 26 heavy (non-hydrogen) atoms. The summed E-state index contributed by atoms with van der Waals surface area (Å²) in [5.74, 6) is -0.545. The van der Waals surface area contributed by atoms with Gasteiger partial charge >= 0.3 is 0 Å². The summed E-state index contributed by atoms with van der Waals surface area (Å²) in [6, 6.07) is 9.09. The zero-order chi connectivity index (χ0) is 18.1. The number of ether oxygens (including phenoxy) is 1. The molecule has 1 aromatic heterocycles. The number of morpholine rings is 1. The molecule has 2 aliphatic rings. The first-order valence-electron chi connectivity index (χ1n) is 8.72. The number of hydrogen-bond donors (Lipinski definition) is 3. The van der Waals surface area contributed by atoms with Gasteiger partial charge in [-0.25, -0.2) is 0 Å². The third-order valence-corrected chi connectivity index (χ3v) is 4.54. The maximum absolute atomic E-state index is 12.5. The SMILES string of the molecule is CC1Cn2nc(C(=O)Nc3ccc(C4CNCCO4)cc3)cc2C(=O)N1. The van der Waals surface area contributed by atoms with Gasteiger partial charge < -0.3 is 20.7 Å². The number of aromatic nitrogens is 2. The van der Waals surface area contributed by atoms with Gasteiger partial charge in [-0.05, 0) is 24.6 Å². The molecule has 8 nitrogen and oxygen atoms in total. The largest absolute Gasteiger partial charge is 0.371 e. The first-order chi connectivity index (χ1) is 12.6. The number of hydrogen-bond acceptors (Lipinski definition) is 5. The Morgan fingerprint density at radius 2 is 2.15 bits per heavy atom. The van der Waals surface area contributed by atoms with E-state index in [1.54, 1.807) is 4.68 Å². The molecule has 136 valence electrons. The van der Waals surface area contributed by atoms with E-state index in [1.165, 1.54) is 6.07 Å². The van der Waals surface area contributed by atoms with Crippen molar-refractivity contribution in [2.24, 2.45) is 0 Å². The molecule has 8 heteroatoms. The van der Waals surface area contributed by atoms with E-state index in [2.05, 4.69) is 21.0 Å². The molecule has 3 N–H and O–H groups in total. The van der Waals surface area contributed by atoms with Crippen LogP contribution in [0.3, 0.4) is 0 Å². The minimum absolute atomic E-state index is 0.00477. The molecule has 1 saturated heterocycles. The van der Waals surface area contributed by atoms with Gasteiger partial charge in [-0.1, -0.05) is 12.1 Å². The number of anilines is 1. The number of amides is 2. The second kappa shape index (κ2) is 6.89. The second-order valence-electron chi connectivity index (χ2n) is 6.61. The summed E-state index contributed by atoms with van der Waals surface area (Å²) in [4.78, 5) is 24.4. The van der Waals surface area contributed by atoms with E-state index >= 15 is 0 Å². The van der Waals surface area contributed by atoms with E-state index in [-0.39, 0.29) is 29.7 Å². The molecule has 3 heterocycles. The fourth-order valence-corrected chi connectivity index (χ4v) is 3.21. The topological polar surface area (TPSA) is 97.3 Å². The van der Waals surface area contributed by atoms with Gasteiger partial charge in [-0.2, -0.15) is 5.10 Å². The average Bonchev–Trinajstić information content (AvgIpc) is 3.08. The molecule has 2 aliphatic heterocycles. The van der Waals surface area contributed by atoms with Gasteiger partial charge in [-0.3, -0.25) is 14.3 Å². The van der Waals surface area contributed by atoms with Crippen LogP contribution in [0.25, 0.3) is 0 Å². The average molecular weight is 355 g/mol. The maximum Gasteiger partial charge on any atom is 0.276 e. The Morgan fingerprint density at radius 1 is 1.35 bits per heavy atom. The Hall–Kier alpha value is -2.71. The van der Waals surface area contributed by atoms with E-state index in [0.29, 0.717) is 24.5 Å². The van der Waals surface area contributed by atoms with Crippen LogP contribution in [0.5, 0.6) is 0 Å². The fourth-order valence-electron chi connectivity index (χ4n) is 3.21. The lowest BCUT2D eigenvalue weighted by Gasteiger charge is -2.24. The highest BCUT2D eigenvalue weighted by Gasteiger charge is 2.25. The summed E-state index contributed by atoms with van der Waals surface area (Å²) in [6.07, 6.45) is 0.0360. The third-order valence-electron chi connectivity index (χ3n) is 4.54. The molecule has 4 rings (SSSR count). The van der Waals surface area contributed by atoms with Crippen LogP contribution < -0.4 is 16.0 Å². The van der Waals surface area contributed by atoms with Crippen molar-refractivity contribution >= 4 is 17.5 Å². The van der Waals surface area contributed by atoms with Crippen molar-refractivity contribution in [3.63, 3.8) is 0 Å². The van der Waals surface area contributed by atoms with Gasteiger partial charge in [-0.15, -0.1) is 0 Å². The number of benzene rings is 1. The number of rotatable bonds is 3. The summed E-state index contributed by atoms with van der Waals surface area (Å²) in [5.41, 5.74) is 2.38. The van der Waals surface area contributed by atoms with Crippen molar-refractivity contribution in [3.8, 4) is 0 Å². The van der Waals surface area contributed by atoms with Gasteiger partial charge in [0.2, 0.25) is 0 Å². The Kier molecular flexibility index (Phi) is 4.44. The Balaban J connectivity index is 1.45. The molecule has 2 amide bonds. The molecule has 0 radical (unpaired) electrons. The van der Waals surface area contributed by atoms with Crippen molar-refractivity contribution in [3.05, 3.63) is 47.3 Å². The normalized spacial score (nSPS) is 22.4. The maximum atomic E-state index is 12.5. The van der Waals surface area contributed by atoms with Crippen molar-refractivity contribution < 1.29 is 14.3 Å². The van der Waals surface area contributed by atoms with Gasteiger partial charge in [0.15, 0.2) is 5.69 Å². The molecule has 2 unspecified atom stereocenters. The molecule has 0 spiro atoms. The van der Waals surface area contributed by atoms with E-state index in [0.717, 1.165) is 18.7 Å². The van der Waals surface area contributed by atoms with Crippen molar-refractivity contribution in [2.75, 3.05) is 25.0 Å². The third kappa shape index (κ3) is 3.33. The Morgan fingerprint density at radius 3 is 2.88 bits per heavy atom. The number of nitrogens with one attached hydrogen (secondary N) is 3. The zero-order valence-corrected chi connectivity index (χ0v) is 14.5. The summed E-state index contributed by atoms with van der Waals surface area (Å²) in [6.45, 7) is 4.80. The van der Waals surface area contributed by atoms with E-state index < -0.39 is 0 Å². The highest BCUT2D eigenvalue weighted by atomic mass is 16.5. The zero-order valence-electron chi connectivity index (χ0n) is 14.5. The first-order valence-corrected chi connectivity index (χ1v) is 8.72. The molecule has 0 bridgehead atoms. The van der Waals surface area contributed by atoms with Crippen molar-refractivity contribution in [1.29, 1.82) is 0 Å². The lowest BCUT2D eigenvalue weighted by atomic mass is 10.1. The van der Waals surface area contributed by atoms with E-state index in [9.17, 15) is 9.59 Å². The number of carbonyl (C=O) groups is 2. The molecular formula is C18H21N5O3. The minimum Gasteiger partial charge on any atom is -0.371 e. The predicted molar refractivity (Wildman–Crippen MR) is 95.1 cm³/mol. The van der Waals surface area contributed by atoms with Crippen LogP contribution >= 0.6 is 0 Å². The molecule has 2 atom stereocenters. The molecule has 0 aliphatic carbocycles. The van der Waals surface area contributed by atoms with E-state index in [4.69, 9.17) is 4.74 Å². The summed E-state index contributed by atoms with van der Waals surface area (Å²) in [5, 5.41) is 13.2. The van der Waals surface area contributed by atoms with Crippen LogP contribution in [0.4, 0.5) is 5.69 Å². The molecule has 0 saturated carbocycles. The summed E-state index contributed by atoms with van der Waals surface area (Å²) in [7, 11) is 0. The molecule has 1 fully saturated rings. The number of fused-ring (bicyclic) bond motifs is 1. The summed E-state index contributed by atoms with van der Waals surface area (Å²) < 4.78 is 7.30. The molecule has 1 aromatic carbocycles. The summed E-state index contributed by atoms with van der Waals surface area (Å²) >= 11 is 0. The van der Waals surface area contributed by atoms with Crippen molar-refractivity contribution in [2.45, 2.75) is 25.6 Å². The van der Waals surface area contributed by atoms with Crippen LogP contribution in [-0.4, -0.2) is 47.3 Å². The van der Waals surface area contributed by atoms with Gasteiger partial charge in [0.05, 0.1) is 19.3 Å². The predicted octanol–water partition coefficient (Wildman–Crippen LogP) is 0.928.